The number of nitrogens with one attached hydrogen (secondary N) is 1. The van der Waals surface area contributed by atoms with Crippen molar-refractivity contribution in [2.75, 3.05) is 6.54 Å². The summed E-state index contributed by atoms with van der Waals surface area (Å²) in [5, 5.41) is 11.3. The van der Waals surface area contributed by atoms with E-state index in [1.165, 1.54) is 5.56 Å². The van der Waals surface area contributed by atoms with Gasteiger partial charge in [-0.3, -0.25) is 4.79 Å². The number of carbonyl (C=O) groups excluding carboxylic acids is 1. The van der Waals surface area contributed by atoms with Crippen molar-refractivity contribution in [3.8, 4) is 5.82 Å². The number of nitrogens with zero attached hydrogens (tertiary/aromatic N) is 4. The first-order valence-corrected chi connectivity index (χ1v) is 8.59. The summed E-state index contributed by atoms with van der Waals surface area (Å²) in [6.07, 6.45) is 5.77. The molecule has 3 rings (SSSR count). The van der Waals surface area contributed by atoms with E-state index in [-0.39, 0.29) is 5.91 Å². The number of rotatable bonds is 7. The van der Waals surface area contributed by atoms with Crippen molar-refractivity contribution in [2.45, 2.75) is 33.2 Å². The molecule has 0 saturated heterocycles. The van der Waals surface area contributed by atoms with Crippen LogP contribution in [0, 0.1) is 6.92 Å². The van der Waals surface area contributed by atoms with Crippen molar-refractivity contribution >= 4 is 5.91 Å². The van der Waals surface area contributed by atoms with Crippen LogP contribution in [-0.2, 0) is 6.54 Å². The third kappa shape index (κ3) is 3.96. The Bertz CT molecular complexity index is 818. The molecular weight excluding hydrogens is 314 g/mol. The number of hydrogen-bond acceptors (Lipinski definition) is 3. The molecule has 6 heteroatoms. The van der Waals surface area contributed by atoms with E-state index in [1.807, 2.05) is 29.1 Å². The first kappa shape index (κ1) is 17.0. The second-order valence-corrected chi connectivity index (χ2v) is 6.10. The van der Waals surface area contributed by atoms with E-state index in [2.05, 4.69) is 53.7 Å². The molecule has 6 nitrogen and oxygen atoms in total. The molecule has 0 aliphatic rings. The molecule has 0 spiro atoms. The van der Waals surface area contributed by atoms with E-state index < -0.39 is 0 Å². The molecule has 0 radical (unpaired) electrons. The summed E-state index contributed by atoms with van der Waals surface area (Å²) >= 11 is 0. The number of amides is 1. The lowest BCUT2D eigenvalue weighted by atomic mass is 10.1. The number of carbonyl (C=O) groups is 1. The number of hydrogen-bond donors (Lipinski definition) is 1. The zero-order valence-electron chi connectivity index (χ0n) is 14.6. The standard InChI is InChI=1S/C19H23N5O/c1-3-4-11-20-18(25)17-19(23-12-5-6-13-23)24(22-21-17)14-16-9-7-15(2)8-10-16/h5-10,12-13H,3-4,11,14H2,1-2H3,(H,20,25). The van der Waals surface area contributed by atoms with Crippen molar-refractivity contribution in [2.24, 2.45) is 0 Å². The normalized spacial score (nSPS) is 10.8. The van der Waals surface area contributed by atoms with Crippen LogP contribution in [0.15, 0.2) is 48.8 Å². The molecule has 0 atom stereocenters. The highest BCUT2D eigenvalue weighted by Crippen LogP contribution is 2.15. The van der Waals surface area contributed by atoms with E-state index in [4.69, 9.17) is 0 Å². The average molecular weight is 337 g/mol. The molecule has 130 valence electrons. The van der Waals surface area contributed by atoms with Gasteiger partial charge in [0.2, 0.25) is 0 Å². The largest absolute Gasteiger partial charge is 0.351 e. The Labute approximate surface area is 147 Å². The lowest BCUT2D eigenvalue weighted by Gasteiger charge is -2.10. The number of aromatic nitrogens is 4. The molecule has 2 aromatic heterocycles. The van der Waals surface area contributed by atoms with Crippen molar-refractivity contribution < 1.29 is 4.79 Å². The van der Waals surface area contributed by atoms with E-state index in [0.717, 1.165) is 18.4 Å². The molecule has 25 heavy (non-hydrogen) atoms. The maximum Gasteiger partial charge on any atom is 0.275 e. The van der Waals surface area contributed by atoms with Crippen LogP contribution in [0.2, 0.25) is 0 Å². The van der Waals surface area contributed by atoms with Gasteiger partial charge in [0.1, 0.15) is 0 Å². The fourth-order valence-electron chi connectivity index (χ4n) is 2.62. The molecule has 0 saturated carbocycles. The summed E-state index contributed by atoms with van der Waals surface area (Å²) in [7, 11) is 0. The minimum Gasteiger partial charge on any atom is -0.351 e. The Morgan fingerprint density at radius 2 is 1.88 bits per heavy atom. The van der Waals surface area contributed by atoms with Gasteiger partial charge in [0, 0.05) is 18.9 Å². The molecule has 1 aromatic carbocycles. The van der Waals surface area contributed by atoms with Gasteiger partial charge < -0.3 is 9.88 Å². The first-order chi connectivity index (χ1) is 12.2. The quantitative estimate of drug-likeness (QED) is 0.674. The lowest BCUT2D eigenvalue weighted by molar-refractivity contribution is 0.0948. The smallest absolute Gasteiger partial charge is 0.275 e. The van der Waals surface area contributed by atoms with Crippen LogP contribution in [0.3, 0.4) is 0 Å². The third-order valence-corrected chi connectivity index (χ3v) is 4.04. The Morgan fingerprint density at radius 1 is 1.16 bits per heavy atom. The number of aryl methyl sites for hydroxylation is 1. The second kappa shape index (κ2) is 7.79. The Hall–Kier alpha value is -2.89. The van der Waals surface area contributed by atoms with Gasteiger partial charge in [-0.15, -0.1) is 5.10 Å². The minimum absolute atomic E-state index is 0.188. The monoisotopic (exact) mass is 337 g/mol. The van der Waals surface area contributed by atoms with Crippen LogP contribution in [0.4, 0.5) is 0 Å². The van der Waals surface area contributed by atoms with Gasteiger partial charge in [-0.25, -0.2) is 4.68 Å². The van der Waals surface area contributed by atoms with E-state index in [1.54, 1.807) is 4.68 Å². The van der Waals surface area contributed by atoms with Crippen molar-refractivity contribution in [1.29, 1.82) is 0 Å². The third-order valence-electron chi connectivity index (χ3n) is 4.04. The summed E-state index contributed by atoms with van der Waals surface area (Å²) in [5.74, 6) is 0.492. The van der Waals surface area contributed by atoms with Gasteiger partial charge in [0.25, 0.3) is 5.91 Å². The van der Waals surface area contributed by atoms with Crippen molar-refractivity contribution in [3.63, 3.8) is 0 Å². The summed E-state index contributed by atoms with van der Waals surface area (Å²) < 4.78 is 3.64. The zero-order chi connectivity index (χ0) is 17.6. The summed E-state index contributed by atoms with van der Waals surface area (Å²) in [6.45, 7) is 5.35. The van der Waals surface area contributed by atoms with Crippen LogP contribution in [0.1, 0.15) is 41.4 Å². The molecule has 0 aliphatic carbocycles. The van der Waals surface area contributed by atoms with Gasteiger partial charge in [-0.05, 0) is 31.0 Å². The predicted molar refractivity (Wildman–Crippen MR) is 96.9 cm³/mol. The Morgan fingerprint density at radius 3 is 2.56 bits per heavy atom. The van der Waals surface area contributed by atoms with Gasteiger partial charge in [0.15, 0.2) is 11.5 Å². The van der Waals surface area contributed by atoms with Gasteiger partial charge in [-0.2, -0.15) is 0 Å². The van der Waals surface area contributed by atoms with E-state index in [9.17, 15) is 4.79 Å². The van der Waals surface area contributed by atoms with Crippen LogP contribution in [-0.4, -0.2) is 32.0 Å². The van der Waals surface area contributed by atoms with Crippen molar-refractivity contribution in [1.82, 2.24) is 24.9 Å². The molecule has 3 aromatic rings. The molecule has 1 amide bonds. The van der Waals surface area contributed by atoms with Gasteiger partial charge in [0.05, 0.1) is 6.54 Å². The maximum absolute atomic E-state index is 12.5. The number of unbranched alkanes of at least 4 members (excludes halogenated alkanes) is 1. The van der Waals surface area contributed by atoms with Crippen LogP contribution in [0.5, 0.6) is 0 Å². The maximum atomic E-state index is 12.5. The lowest BCUT2D eigenvalue weighted by Crippen LogP contribution is -2.26. The Kier molecular flexibility index (Phi) is 5.28. The number of benzene rings is 1. The molecule has 1 N–H and O–H groups in total. The second-order valence-electron chi connectivity index (χ2n) is 6.10. The first-order valence-electron chi connectivity index (χ1n) is 8.59. The van der Waals surface area contributed by atoms with Gasteiger partial charge >= 0.3 is 0 Å². The van der Waals surface area contributed by atoms with Crippen LogP contribution < -0.4 is 5.32 Å². The molecule has 0 unspecified atom stereocenters. The SMILES string of the molecule is CCCCNC(=O)c1nnn(Cc2ccc(C)cc2)c1-n1cccc1. The van der Waals surface area contributed by atoms with Gasteiger partial charge in [-0.1, -0.05) is 48.4 Å². The topological polar surface area (TPSA) is 64.7 Å². The summed E-state index contributed by atoms with van der Waals surface area (Å²) in [5.41, 5.74) is 2.67. The fraction of sp³-hybridized carbons (Fsp3) is 0.316. The van der Waals surface area contributed by atoms with Crippen molar-refractivity contribution in [3.05, 3.63) is 65.6 Å². The van der Waals surface area contributed by atoms with Crippen LogP contribution in [0.25, 0.3) is 5.82 Å². The molecular formula is C19H23N5O. The molecule has 0 fully saturated rings. The highest BCUT2D eigenvalue weighted by Gasteiger charge is 2.20. The minimum atomic E-state index is -0.188. The summed E-state index contributed by atoms with van der Waals surface area (Å²) in [6, 6.07) is 12.1. The van der Waals surface area contributed by atoms with E-state index in [0.29, 0.717) is 24.6 Å². The molecule has 2 heterocycles. The average Bonchev–Trinajstić information content (AvgIpc) is 3.26. The highest BCUT2D eigenvalue weighted by atomic mass is 16.2. The predicted octanol–water partition coefficient (Wildman–Crippen LogP) is 2.96. The van der Waals surface area contributed by atoms with Crippen LogP contribution >= 0.6 is 0 Å². The summed E-state index contributed by atoms with van der Waals surface area (Å²) in [4.78, 5) is 12.5. The fourth-order valence-corrected chi connectivity index (χ4v) is 2.62. The van der Waals surface area contributed by atoms with E-state index >= 15 is 0 Å². The molecule has 0 aliphatic heterocycles. The molecule has 0 bridgehead atoms. The zero-order valence-corrected chi connectivity index (χ0v) is 14.6. The highest BCUT2D eigenvalue weighted by molar-refractivity contribution is 5.95. The Balaban J connectivity index is 1.90.